The van der Waals surface area contributed by atoms with E-state index >= 15 is 0 Å². The van der Waals surface area contributed by atoms with Crippen molar-refractivity contribution >= 4 is 21.8 Å². The van der Waals surface area contributed by atoms with Gasteiger partial charge in [-0.3, -0.25) is 4.79 Å². The standard InChI is InChI=1S/C16H15BrFNO2/c17-15-13(7-4-8-14(15)18)16(21)19(9-10-20)11-12-5-2-1-3-6-12/h1-8,20H,9-11H2. The molecule has 0 aliphatic heterocycles. The van der Waals surface area contributed by atoms with Crippen molar-refractivity contribution in [1.82, 2.24) is 4.90 Å². The molecule has 0 aromatic heterocycles. The van der Waals surface area contributed by atoms with E-state index in [4.69, 9.17) is 5.11 Å². The summed E-state index contributed by atoms with van der Waals surface area (Å²) in [5.41, 5.74) is 1.20. The van der Waals surface area contributed by atoms with Gasteiger partial charge >= 0.3 is 0 Å². The van der Waals surface area contributed by atoms with Gasteiger partial charge in [0.2, 0.25) is 0 Å². The van der Waals surface area contributed by atoms with Gasteiger partial charge in [-0.05, 0) is 33.6 Å². The molecule has 21 heavy (non-hydrogen) atoms. The lowest BCUT2D eigenvalue weighted by Gasteiger charge is -2.22. The highest BCUT2D eigenvalue weighted by atomic mass is 79.9. The van der Waals surface area contributed by atoms with Crippen LogP contribution < -0.4 is 0 Å². The molecule has 0 atom stereocenters. The Kier molecular flexibility index (Phi) is 5.47. The lowest BCUT2D eigenvalue weighted by atomic mass is 10.1. The van der Waals surface area contributed by atoms with Gasteiger partial charge in [0.25, 0.3) is 5.91 Å². The van der Waals surface area contributed by atoms with Crippen LogP contribution in [0.1, 0.15) is 15.9 Å². The second-order valence-corrected chi connectivity index (χ2v) is 5.33. The van der Waals surface area contributed by atoms with Crippen molar-refractivity contribution < 1.29 is 14.3 Å². The van der Waals surface area contributed by atoms with Gasteiger partial charge in [-0.25, -0.2) is 4.39 Å². The maximum Gasteiger partial charge on any atom is 0.255 e. The molecule has 0 radical (unpaired) electrons. The van der Waals surface area contributed by atoms with Crippen LogP contribution in [-0.4, -0.2) is 29.1 Å². The first-order valence-corrected chi connectivity index (χ1v) is 7.31. The minimum atomic E-state index is -0.482. The average molecular weight is 352 g/mol. The van der Waals surface area contributed by atoms with Gasteiger partial charge in [-0.1, -0.05) is 36.4 Å². The van der Waals surface area contributed by atoms with Crippen molar-refractivity contribution in [2.24, 2.45) is 0 Å². The third kappa shape index (κ3) is 3.89. The first kappa shape index (κ1) is 15.7. The van der Waals surface area contributed by atoms with Crippen molar-refractivity contribution in [2.75, 3.05) is 13.2 Å². The Bertz CT molecular complexity index is 619. The number of hydrogen-bond acceptors (Lipinski definition) is 2. The van der Waals surface area contributed by atoms with Crippen LogP contribution >= 0.6 is 15.9 Å². The van der Waals surface area contributed by atoms with Gasteiger partial charge in [0, 0.05) is 13.1 Å². The summed E-state index contributed by atoms with van der Waals surface area (Å²) in [7, 11) is 0. The number of aliphatic hydroxyl groups excluding tert-OH is 1. The minimum absolute atomic E-state index is 0.144. The van der Waals surface area contributed by atoms with E-state index in [0.717, 1.165) is 5.56 Å². The first-order chi connectivity index (χ1) is 10.1. The summed E-state index contributed by atoms with van der Waals surface area (Å²) in [6.07, 6.45) is 0. The molecule has 0 aliphatic carbocycles. The van der Waals surface area contributed by atoms with Crippen molar-refractivity contribution in [2.45, 2.75) is 6.54 Å². The van der Waals surface area contributed by atoms with Crippen LogP contribution in [-0.2, 0) is 6.54 Å². The summed E-state index contributed by atoms with van der Waals surface area (Å²) in [5.74, 6) is -0.802. The zero-order valence-electron chi connectivity index (χ0n) is 11.3. The summed E-state index contributed by atoms with van der Waals surface area (Å²) in [6.45, 7) is 0.408. The number of hydrogen-bond donors (Lipinski definition) is 1. The van der Waals surface area contributed by atoms with Gasteiger partial charge in [0.1, 0.15) is 5.82 Å². The zero-order chi connectivity index (χ0) is 15.2. The summed E-state index contributed by atoms with van der Waals surface area (Å²) in [6, 6.07) is 13.8. The molecular weight excluding hydrogens is 337 g/mol. The van der Waals surface area contributed by atoms with Gasteiger partial charge in [-0.15, -0.1) is 0 Å². The quantitative estimate of drug-likeness (QED) is 0.898. The predicted octanol–water partition coefficient (Wildman–Crippen LogP) is 3.22. The third-order valence-corrected chi connectivity index (χ3v) is 3.86. The van der Waals surface area contributed by atoms with Crippen LogP contribution in [0.5, 0.6) is 0 Å². The Hall–Kier alpha value is -1.72. The van der Waals surface area contributed by atoms with Gasteiger partial charge < -0.3 is 10.0 Å². The molecule has 2 aromatic rings. The van der Waals surface area contributed by atoms with Gasteiger partial charge in [-0.2, -0.15) is 0 Å². The van der Waals surface area contributed by atoms with E-state index < -0.39 is 5.82 Å². The highest BCUT2D eigenvalue weighted by molar-refractivity contribution is 9.10. The van der Waals surface area contributed by atoms with E-state index in [1.54, 1.807) is 6.07 Å². The fourth-order valence-corrected chi connectivity index (χ4v) is 2.45. The zero-order valence-corrected chi connectivity index (χ0v) is 12.9. The molecule has 5 heteroatoms. The molecule has 2 rings (SSSR count). The van der Waals surface area contributed by atoms with E-state index in [2.05, 4.69) is 15.9 Å². The number of nitrogens with zero attached hydrogens (tertiary/aromatic N) is 1. The number of carbonyl (C=O) groups excluding carboxylic acids is 1. The molecule has 3 nitrogen and oxygen atoms in total. The normalized spacial score (nSPS) is 10.4. The first-order valence-electron chi connectivity index (χ1n) is 6.51. The monoisotopic (exact) mass is 351 g/mol. The fraction of sp³-hybridized carbons (Fsp3) is 0.188. The van der Waals surface area contributed by atoms with Crippen LogP contribution in [0.3, 0.4) is 0 Å². The fourth-order valence-electron chi connectivity index (χ4n) is 2.02. The van der Waals surface area contributed by atoms with E-state index in [1.165, 1.54) is 17.0 Å². The maximum atomic E-state index is 13.5. The number of halogens is 2. The van der Waals surface area contributed by atoms with Gasteiger partial charge in [0.05, 0.1) is 16.6 Å². The second-order valence-electron chi connectivity index (χ2n) is 4.54. The van der Waals surface area contributed by atoms with E-state index in [0.29, 0.717) is 6.54 Å². The molecule has 110 valence electrons. The van der Waals surface area contributed by atoms with E-state index in [-0.39, 0.29) is 29.1 Å². The molecule has 1 amide bonds. The van der Waals surface area contributed by atoms with Crippen LogP contribution in [0.25, 0.3) is 0 Å². The van der Waals surface area contributed by atoms with Gasteiger partial charge in [0.15, 0.2) is 0 Å². The minimum Gasteiger partial charge on any atom is -0.395 e. The Morgan fingerprint density at radius 1 is 1.14 bits per heavy atom. The smallest absolute Gasteiger partial charge is 0.255 e. The Morgan fingerprint density at radius 2 is 1.86 bits per heavy atom. The summed E-state index contributed by atoms with van der Waals surface area (Å²) < 4.78 is 13.7. The molecule has 0 saturated heterocycles. The number of carbonyl (C=O) groups is 1. The molecule has 0 fully saturated rings. The highest BCUT2D eigenvalue weighted by Crippen LogP contribution is 2.22. The predicted molar refractivity (Wildman–Crippen MR) is 82.4 cm³/mol. The van der Waals surface area contributed by atoms with Crippen molar-refractivity contribution in [3.63, 3.8) is 0 Å². The molecule has 1 N–H and O–H groups in total. The van der Waals surface area contributed by atoms with Crippen molar-refractivity contribution in [1.29, 1.82) is 0 Å². The molecule has 0 heterocycles. The number of amides is 1. The number of aliphatic hydroxyl groups is 1. The maximum absolute atomic E-state index is 13.5. The van der Waals surface area contributed by atoms with Crippen LogP contribution in [0.4, 0.5) is 4.39 Å². The van der Waals surface area contributed by atoms with Crippen LogP contribution in [0, 0.1) is 5.82 Å². The number of benzene rings is 2. The Labute approximate surface area is 131 Å². The van der Waals surface area contributed by atoms with Crippen molar-refractivity contribution in [3.8, 4) is 0 Å². The molecule has 0 spiro atoms. The van der Waals surface area contributed by atoms with Crippen LogP contribution in [0.2, 0.25) is 0 Å². The molecule has 0 unspecified atom stereocenters. The topological polar surface area (TPSA) is 40.5 Å². The van der Waals surface area contributed by atoms with E-state index in [9.17, 15) is 9.18 Å². The Balaban J connectivity index is 2.25. The summed E-state index contributed by atoms with van der Waals surface area (Å²) in [5, 5.41) is 9.15. The molecule has 0 aliphatic rings. The van der Waals surface area contributed by atoms with Crippen molar-refractivity contribution in [3.05, 3.63) is 69.9 Å². The number of rotatable bonds is 5. The SMILES string of the molecule is O=C(c1cccc(F)c1Br)N(CCO)Cc1ccccc1. The molecule has 0 saturated carbocycles. The average Bonchev–Trinajstić information content (AvgIpc) is 2.50. The largest absolute Gasteiger partial charge is 0.395 e. The molecule has 0 bridgehead atoms. The highest BCUT2D eigenvalue weighted by Gasteiger charge is 2.19. The lowest BCUT2D eigenvalue weighted by molar-refractivity contribution is 0.0706. The van der Waals surface area contributed by atoms with Crippen LogP contribution in [0.15, 0.2) is 53.0 Å². The van der Waals surface area contributed by atoms with E-state index in [1.807, 2.05) is 30.3 Å². The summed E-state index contributed by atoms with van der Waals surface area (Å²) >= 11 is 3.10. The summed E-state index contributed by atoms with van der Waals surface area (Å²) in [4.78, 5) is 14.0. The second kappa shape index (κ2) is 7.33. The third-order valence-electron chi connectivity index (χ3n) is 3.06. The molecule has 2 aromatic carbocycles. The Morgan fingerprint density at radius 3 is 2.52 bits per heavy atom. The lowest BCUT2D eigenvalue weighted by Crippen LogP contribution is -2.33. The molecular formula is C16H15BrFNO2.